The van der Waals surface area contributed by atoms with Gasteiger partial charge in [-0.15, -0.1) is 0 Å². The van der Waals surface area contributed by atoms with Crippen LogP contribution in [0.4, 0.5) is 0 Å². The minimum absolute atomic E-state index is 0.562. The summed E-state index contributed by atoms with van der Waals surface area (Å²) in [7, 11) is 0. The summed E-state index contributed by atoms with van der Waals surface area (Å²) < 4.78 is 0. The van der Waals surface area contributed by atoms with E-state index >= 15 is 0 Å². The molecule has 1 aromatic heterocycles. The van der Waals surface area contributed by atoms with Crippen molar-refractivity contribution in [1.82, 2.24) is 4.98 Å². The van der Waals surface area contributed by atoms with Gasteiger partial charge < -0.3 is 4.98 Å². The van der Waals surface area contributed by atoms with Crippen molar-refractivity contribution in [2.75, 3.05) is 0 Å². The number of allylic oxidation sites excluding steroid dienone is 4. The molecular weight excluding hydrogens is 206 g/mol. The number of H-pyrrole nitrogens is 1. The number of aromatic nitrogens is 1. The minimum Gasteiger partial charge on any atom is -0.355 e. The highest BCUT2D eigenvalue weighted by Crippen LogP contribution is 2.24. The normalized spacial score (nSPS) is 21.2. The molecule has 1 N–H and O–H groups in total. The van der Waals surface area contributed by atoms with Crippen LogP contribution in [0.3, 0.4) is 0 Å². The molecular formula is C16H13N. The molecule has 2 aliphatic carbocycles. The van der Waals surface area contributed by atoms with Gasteiger partial charge in [0.15, 0.2) is 0 Å². The van der Waals surface area contributed by atoms with Crippen molar-refractivity contribution in [3.05, 3.63) is 58.6 Å². The maximum atomic E-state index is 3.50. The van der Waals surface area contributed by atoms with Gasteiger partial charge in [-0.05, 0) is 24.1 Å². The van der Waals surface area contributed by atoms with Crippen molar-refractivity contribution in [3.8, 4) is 0 Å². The highest BCUT2D eigenvalue weighted by molar-refractivity contribution is 5.83. The third kappa shape index (κ3) is 1.26. The first kappa shape index (κ1) is 9.06. The average Bonchev–Trinajstić information content (AvgIpc) is 2.73. The topological polar surface area (TPSA) is 15.8 Å². The van der Waals surface area contributed by atoms with Crippen LogP contribution in [0.1, 0.15) is 6.42 Å². The van der Waals surface area contributed by atoms with Crippen LogP contribution < -0.4 is 10.6 Å². The first-order chi connectivity index (χ1) is 8.42. The molecule has 1 heteroatoms. The van der Waals surface area contributed by atoms with Crippen LogP contribution in [-0.4, -0.2) is 4.98 Å². The van der Waals surface area contributed by atoms with Crippen LogP contribution in [0.5, 0.6) is 0 Å². The lowest BCUT2D eigenvalue weighted by atomic mass is 9.87. The fraction of sp³-hybridized carbons (Fsp3) is 0.125. The van der Waals surface area contributed by atoms with Gasteiger partial charge in [-0.1, -0.05) is 42.5 Å². The molecule has 0 spiro atoms. The average molecular weight is 219 g/mol. The number of para-hydroxylation sites is 1. The molecule has 1 aromatic carbocycles. The molecule has 0 saturated heterocycles. The molecule has 2 aromatic rings. The first-order valence-electron chi connectivity index (χ1n) is 6.09. The second-order valence-electron chi connectivity index (χ2n) is 4.75. The fourth-order valence-corrected chi connectivity index (χ4v) is 2.83. The predicted octanol–water partition coefficient (Wildman–Crippen LogP) is 2.25. The summed E-state index contributed by atoms with van der Waals surface area (Å²) in [6.45, 7) is 0. The Labute approximate surface area is 99.5 Å². The number of rotatable bonds is 0. The van der Waals surface area contributed by atoms with Crippen molar-refractivity contribution in [2.24, 2.45) is 5.92 Å². The number of hydrogen-bond donors (Lipinski definition) is 1. The summed E-state index contributed by atoms with van der Waals surface area (Å²) in [6, 6.07) is 8.53. The van der Waals surface area contributed by atoms with Gasteiger partial charge in [-0.25, -0.2) is 0 Å². The second-order valence-corrected chi connectivity index (χ2v) is 4.75. The Hall–Kier alpha value is -2.02. The monoisotopic (exact) mass is 219 g/mol. The lowest BCUT2D eigenvalue weighted by molar-refractivity contribution is 0.829. The summed E-state index contributed by atoms with van der Waals surface area (Å²) in [5, 5.41) is 3.97. The minimum atomic E-state index is 0.562. The van der Waals surface area contributed by atoms with E-state index in [1.165, 1.54) is 27.0 Å². The molecule has 0 aliphatic heterocycles. The fourth-order valence-electron chi connectivity index (χ4n) is 2.83. The van der Waals surface area contributed by atoms with Gasteiger partial charge in [-0.3, -0.25) is 0 Å². The van der Waals surface area contributed by atoms with Gasteiger partial charge in [0.2, 0.25) is 0 Å². The molecule has 0 radical (unpaired) electrons. The SMILES string of the molecule is C1=CCC2C=c3c([nH]c4ccccc34)=CC2=C1. The number of benzene rings is 1. The number of fused-ring (bicyclic) bond motifs is 4. The maximum Gasteiger partial charge on any atom is 0.0464 e. The summed E-state index contributed by atoms with van der Waals surface area (Å²) in [5.41, 5.74) is 2.66. The number of aromatic amines is 1. The second kappa shape index (κ2) is 3.24. The Balaban J connectivity index is 2.13. The van der Waals surface area contributed by atoms with E-state index in [1.54, 1.807) is 0 Å². The molecule has 82 valence electrons. The molecule has 1 nitrogen and oxygen atoms in total. The van der Waals surface area contributed by atoms with E-state index < -0.39 is 0 Å². The molecule has 0 saturated carbocycles. The standard InChI is InChI=1S/C16H13N/c1-2-6-12-10-16-14(9-11(12)5-1)13-7-3-4-8-15(13)17-16/h1-4,6-11,17H,5H2. The van der Waals surface area contributed by atoms with Gasteiger partial charge in [0.05, 0.1) is 0 Å². The van der Waals surface area contributed by atoms with Crippen LogP contribution in [-0.2, 0) is 0 Å². The van der Waals surface area contributed by atoms with Crippen molar-refractivity contribution in [3.63, 3.8) is 0 Å². The predicted molar refractivity (Wildman–Crippen MR) is 71.8 cm³/mol. The number of hydrogen-bond acceptors (Lipinski definition) is 0. The Kier molecular flexibility index (Phi) is 1.72. The van der Waals surface area contributed by atoms with E-state index in [2.05, 4.69) is 59.6 Å². The molecule has 1 heterocycles. The van der Waals surface area contributed by atoms with E-state index in [9.17, 15) is 0 Å². The molecule has 0 bridgehead atoms. The largest absolute Gasteiger partial charge is 0.355 e. The molecule has 1 atom stereocenters. The zero-order valence-electron chi connectivity index (χ0n) is 9.48. The van der Waals surface area contributed by atoms with Crippen molar-refractivity contribution in [1.29, 1.82) is 0 Å². The van der Waals surface area contributed by atoms with Crippen LogP contribution >= 0.6 is 0 Å². The zero-order valence-corrected chi connectivity index (χ0v) is 9.48. The van der Waals surface area contributed by atoms with Crippen molar-refractivity contribution in [2.45, 2.75) is 6.42 Å². The summed E-state index contributed by atoms with van der Waals surface area (Å²) in [4.78, 5) is 3.50. The third-order valence-corrected chi connectivity index (χ3v) is 3.70. The molecule has 2 aliphatic rings. The first-order valence-corrected chi connectivity index (χ1v) is 6.09. The smallest absolute Gasteiger partial charge is 0.0464 e. The Morgan fingerprint density at radius 2 is 2.12 bits per heavy atom. The van der Waals surface area contributed by atoms with Crippen molar-refractivity contribution >= 4 is 23.1 Å². The van der Waals surface area contributed by atoms with Gasteiger partial charge in [0.1, 0.15) is 0 Å². The maximum absolute atomic E-state index is 3.50. The summed E-state index contributed by atoms with van der Waals surface area (Å²) in [5.74, 6) is 0.562. The highest BCUT2D eigenvalue weighted by Gasteiger charge is 2.15. The van der Waals surface area contributed by atoms with E-state index in [1.807, 2.05) is 0 Å². The summed E-state index contributed by atoms with van der Waals surface area (Å²) >= 11 is 0. The Bertz CT molecular complexity index is 771. The van der Waals surface area contributed by atoms with Gasteiger partial charge in [0.25, 0.3) is 0 Å². The van der Waals surface area contributed by atoms with Crippen LogP contribution in [0.2, 0.25) is 0 Å². The van der Waals surface area contributed by atoms with Gasteiger partial charge in [0, 0.05) is 27.4 Å². The molecule has 17 heavy (non-hydrogen) atoms. The summed E-state index contributed by atoms with van der Waals surface area (Å²) in [6.07, 6.45) is 12.5. The zero-order chi connectivity index (χ0) is 11.2. The van der Waals surface area contributed by atoms with E-state index in [-0.39, 0.29) is 0 Å². The van der Waals surface area contributed by atoms with Crippen LogP contribution in [0, 0.1) is 5.92 Å². The lowest BCUT2D eigenvalue weighted by Gasteiger charge is -2.17. The van der Waals surface area contributed by atoms with E-state index in [4.69, 9.17) is 0 Å². The number of nitrogens with one attached hydrogen (secondary N) is 1. The van der Waals surface area contributed by atoms with E-state index in [0.29, 0.717) is 5.92 Å². The highest BCUT2D eigenvalue weighted by atomic mass is 14.7. The molecule has 0 fully saturated rings. The van der Waals surface area contributed by atoms with Crippen molar-refractivity contribution < 1.29 is 0 Å². The third-order valence-electron chi connectivity index (χ3n) is 3.70. The van der Waals surface area contributed by atoms with E-state index in [0.717, 1.165) is 6.42 Å². The Morgan fingerprint density at radius 1 is 1.18 bits per heavy atom. The lowest BCUT2D eigenvalue weighted by Crippen LogP contribution is -2.29. The molecule has 4 rings (SSSR count). The molecule has 1 unspecified atom stereocenters. The quantitative estimate of drug-likeness (QED) is 0.699. The van der Waals surface area contributed by atoms with Crippen LogP contribution in [0.25, 0.3) is 23.1 Å². The van der Waals surface area contributed by atoms with Gasteiger partial charge >= 0.3 is 0 Å². The Morgan fingerprint density at radius 3 is 3.12 bits per heavy atom. The van der Waals surface area contributed by atoms with Crippen LogP contribution in [0.15, 0.2) is 48.1 Å². The van der Waals surface area contributed by atoms with Gasteiger partial charge in [-0.2, -0.15) is 0 Å². The molecule has 0 amide bonds.